The van der Waals surface area contributed by atoms with E-state index < -0.39 is 15.7 Å². The largest absolute Gasteiger partial charge is 0.399 e. The van der Waals surface area contributed by atoms with E-state index in [1.165, 1.54) is 6.20 Å². The minimum Gasteiger partial charge on any atom is -0.399 e. The molecular weight excluding hydrogens is 328 g/mol. The summed E-state index contributed by atoms with van der Waals surface area (Å²) >= 11 is 0. The number of nitrogens with two attached hydrogens (primary N) is 1. The van der Waals surface area contributed by atoms with Crippen molar-refractivity contribution >= 4 is 27.1 Å². The molecule has 0 radical (unpaired) electrons. The smallest absolute Gasteiger partial charge is 0.267 e. The molecule has 1 aliphatic rings. The Labute approximate surface area is 141 Å². The van der Waals surface area contributed by atoms with E-state index in [4.69, 9.17) is 5.73 Å². The summed E-state index contributed by atoms with van der Waals surface area (Å²) in [5.74, 6) is -0.349. The van der Waals surface area contributed by atoms with E-state index in [-0.39, 0.29) is 23.1 Å². The van der Waals surface area contributed by atoms with Gasteiger partial charge in [0, 0.05) is 30.2 Å². The summed E-state index contributed by atoms with van der Waals surface area (Å²) in [7, 11) is -3.03. The first-order valence-corrected chi connectivity index (χ1v) is 9.41. The quantitative estimate of drug-likeness (QED) is 0.468. The van der Waals surface area contributed by atoms with E-state index in [1.54, 1.807) is 29.2 Å². The molecule has 3 N–H and O–H groups in total. The maximum atomic E-state index is 12.2. The van der Waals surface area contributed by atoms with Crippen molar-refractivity contribution in [3.63, 3.8) is 0 Å². The molecule has 1 amide bonds. The average Bonchev–Trinajstić information content (AvgIpc) is 2.90. The third kappa shape index (κ3) is 4.49. The lowest BCUT2D eigenvalue weighted by Crippen LogP contribution is -2.32. The molecule has 0 aliphatic carbocycles. The van der Waals surface area contributed by atoms with Crippen LogP contribution in [0.3, 0.4) is 0 Å². The second-order valence-electron chi connectivity index (χ2n) is 5.62. The van der Waals surface area contributed by atoms with Crippen LogP contribution >= 0.6 is 0 Å². The van der Waals surface area contributed by atoms with Gasteiger partial charge in [0.05, 0.1) is 11.5 Å². The molecule has 1 unspecified atom stereocenters. The maximum Gasteiger partial charge on any atom is 0.267 e. The lowest BCUT2D eigenvalue weighted by atomic mass is 10.2. The van der Waals surface area contributed by atoms with E-state index in [9.17, 15) is 18.5 Å². The van der Waals surface area contributed by atoms with Gasteiger partial charge < -0.3 is 16.0 Å². The monoisotopic (exact) mass is 348 g/mol. The normalized spacial score (nSPS) is 19.5. The Morgan fingerprint density at radius 2 is 2.12 bits per heavy atom. The number of amides is 1. The predicted molar refractivity (Wildman–Crippen MR) is 92.6 cm³/mol. The molecule has 2 rings (SSSR count). The van der Waals surface area contributed by atoms with Crippen LogP contribution in [0.4, 0.5) is 11.4 Å². The van der Waals surface area contributed by atoms with Crippen molar-refractivity contribution in [3.05, 3.63) is 36.0 Å². The van der Waals surface area contributed by atoms with Crippen molar-refractivity contribution in [2.75, 3.05) is 29.1 Å². The average molecular weight is 348 g/mol. The number of benzene rings is 1. The fourth-order valence-corrected chi connectivity index (χ4v) is 4.30. The highest BCUT2D eigenvalue weighted by Gasteiger charge is 2.31. The van der Waals surface area contributed by atoms with Gasteiger partial charge in [0.25, 0.3) is 5.91 Å². The van der Waals surface area contributed by atoms with Gasteiger partial charge in [0.1, 0.15) is 11.6 Å². The molecule has 7 nitrogen and oxygen atoms in total. The van der Waals surface area contributed by atoms with E-state index in [0.717, 1.165) is 0 Å². The van der Waals surface area contributed by atoms with E-state index >= 15 is 0 Å². The summed E-state index contributed by atoms with van der Waals surface area (Å²) in [4.78, 5) is 14.0. The van der Waals surface area contributed by atoms with Gasteiger partial charge in [0.15, 0.2) is 9.84 Å². The molecule has 0 saturated carbocycles. The van der Waals surface area contributed by atoms with Crippen LogP contribution in [-0.2, 0) is 14.6 Å². The van der Waals surface area contributed by atoms with Crippen LogP contribution in [0.1, 0.15) is 13.3 Å². The van der Waals surface area contributed by atoms with Crippen molar-refractivity contribution in [2.45, 2.75) is 19.4 Å². The fraction of sp³-hybridized carbons (Fsp3) is 0.375. The number of carbonyl (C=O) groups excluding carboxylic acids is 1. The Bertz CT molecular complexity index is 779. The van der Waals surface area contributed by atoms with Gasteiger partial charge in [-0.25, -0.2) is 8.42 Å². The molecular formula is C16H20N4O3S. The van der Waals surface area contributed by atoms with Crippen molar-refractivity contribution in [3.8, 4) is 6.07 Å². The van der Waals surface area contributed by atoms with Gasteiger partial charge >= 0.3 is 0 Å². The number of rotatable bonds is 5. The van der Waals surface area contributed by atoms with Crippen LogP contribution in [0.5, 0.6) is 0 Å². The summed E-state index contributed by atoms with van der Waals surface area (Å²) in [5.41, 5.74) is 6.62. The number of nitrogen functional groups attached to an aromatic ring is 1. The molecule has 0 aromatic heterocycles. The predicted octanol–water partition coefficient (Wildman–Crippen LogP) is 1.12. The number of carbonyl (C=O) groups is 1. The van der Waals surface area contributed by atoms with Crippen LogP contribution < -0.4 is 11.1 Å². The lowest BCUT2D eigenvalue weighted by molar-refractivity contribution is -0.112. The molecule has 1 aromatic carbocycles. The van der Waals surface area contributed by atoms with Gasteiger partial charge in [-0.1, -0.05) is 0 Å². The number of hydrogen-bond acceptors (Lipinski definition) is 6. The van der Waals surface area contributed by atoms with Crippen molar-refractivity contribution in [1.29, 1.82) is 5.26 Å². The van der Waals surface area contributed by atoms with Crippen molar-refractivity contribution < 1.29 is 13.2 Å². The Kier molecular flexibility index (Phi) is 5.46. The number of hydrogen-bond donors (Lipinski definition) is 2. The Morgan fingerprint density at radius 3 is 2.62 bits per heavy atom. The summed E-state index contributed by atoms with van der Waals surface area (Å²) in [6.45, 7) is 2.37. The van der Waals surface area contributed by atoms with Crippen molar-refractivity contribution in [2.24, 2.45) is 0 Å². The highest BCUT2D eigenvalue weighted by molar-refractivity contribution is 7.91. The molecule has 24 heavy (non-hydrogen) atoms. The third-order valence-corrected chi connectivity index (χ3v) is 5.62. The van der Waals surface area contributed by atoms with Crippen LogP contribution in [-0.4, -0.2) is 43.3 Å². The lowest BCUT2D eigenvalue weighted by Gasteiger charge is -2.25. The molecule has 1 saturated heterocycles. The summed E-state index contributed by atoms with van der Waals surface area (Å²) in [6, 6.07) is 8.25. The molecule has 1 atom stereocenters. The molecule has 128 valence electrons. The highest BCUT2D eigenvalue weighted by atomic mass is 32.2. The molecule has 1 aliphatic heterocycles. The number of nitrogens with one attached hydrogen (secondary N) is 1. The van der Waals surface area contributed by atoms with Crippen molar-refractivity contribution in [1.82, 2.24) is 4.90 Å². The number of sulfone groups is 1. The van der Waals surface area contributed by atoms with Gasteiger partial charge in [-0.2, -0.15) is 5.26 Å². The fourth-order valence-electron chi connectivity index (χ4n) is 2.56. The second kappa shape index (κ2) is 7.36. The van der Waals surface area contributed by atoms with Crippen LogP contribution in [0.2, 0.25) is 0 Å². The van der Waals surface area contributed by atoms with Gasteiger partial charge in [0.2, 0.25) is 0 Å². The third-order valence-electron chi connectivity index (χ3n) is 3.87. The first-order valence-electron chi connectivity index (χ1n) is 7.59. The molecule has 8 heteroatoms. The number of anilines is 2. The van der Waals surface area contributed by atoms with E-state index in [2.05, 4.69) is 5.32 Å². The Hall–Kier alpha value is -2.53. The Balaban J connectivity index is 2.13. The van der Waals surface area contributed by atoms with Gasteiger partial charge in [-0.15, -0.1) is 0 Å². The maximum absolute atomic E-state index is 12.2. The zero-order chi connectivity index (χ0) is 17.7. The van der Waals surface area contributed by atoms with Gasteiger partial charge in [-0.05, 0) is 37.6 Å². The minimum atomic E-state index is -3.03. The molecule has 0 spiro atoms. The first kappa shape index (κ1) is 17.8. The van der Waals surface area contributed by atoms with Crippen LogP contribution in [0.15, 0.2) is 36.0 Å². The molecule has 1 aromatic rings. The minimum absolute atomic E-state index is 0.0512. The Morgan fingerprint density at radius 1 is 1.46 bits per heavy atom. The zero-order valence-corrected chi connectivity index (χ0v) is 14.2. The van der Waals surface area contributed by atoms with Gasteiger partial charge in [-0.3, -0.25) is 4.79 Å². The first-order chi connectivity index (χ1) is 11.3. The summed E-state index contributed by atoms with van der Waals surface area (Å²) in [5, 5.41) is 11.9. The summed E-state index contributed by atoms with van der Waals surface area (Å²) in [6.07, 6.45) is 1.95. The number of nitrogens with zero attached hydrogens (tertiary/aromatic N) is 2. The second-order valence-corrected chi connectivity index (χ2v) is 7.85. The van der Waals surface area contributed by atoms with E-state index in [0.29, 0.717) is 24.3 Å². The van der Waals surface area contributed by atoms with E-state index in [1.807, 2.05) is 13.0 Å². The molecule has 1 fully saturated rings. The molecule has 0 bridgehead atoms. The highest BCUT2D eigenvalue weighted by Crippen LogP contribution is 2.19. The van der Waals surface area contributed by atoms with Crippen LogP contribution in [0.25, 0.3) is 0 Å². The van der Waals surface area contributed by atoms with Crippen LogP contribution in [0, 0.1) is 11.3 Å². The number of nitriles is 1. The topological polar surface area (TPSA) is 116 Å². The standard InChI is InChI=1S/C16H20N4O3S/c1-2-20(15-7-8-24(22,23)11-15)10-12(9-17)16(21)19-14-5-3-13(18)4-6-14/h3-6,10,15H,2,7-8,11,18H2,1H3,(H,19,21)/b12-10-. The zero-order valence-electron chi connectivity index (χ0n) is 13.4. The molecule has 1 heterocycles. The summed E-state index contributed by atoms with van der Waals surface area (Å²) < 4.78 is 23.2. The SMILES string of the molecule is CCN(/C=C(/C#N)C(=O)Nc1ccc(N)cc1)C1CCS(=O)(=O)C1.